The molecule has 0 aliphatic carbocycles. The van der Waals surface area contributed by atoms with Gasteiger partial charge in [-0.05, 0) is 52.2 Å². The third-order valence-electron chi connectivity index (χ3n) is 2.50. The van der Waals surface area contributed by atoms with Gasteiger partial charge in [0.05, 0.1) is 11.7 Å². The van der Waals surface area contributed by atoms with Crippen molar-refractivity contribution in [3.8, 4) is 0 Å². The van der Waals surface area contributed by atoms with Gasteiger partial charge in [-0.15, -0.1) is 0 Å². The molecule has 0 spiro atoms. The Balaban J connectivity index is 2.08. The zero-order valence-electron chi connectivity index (χ0n) is 9.11. The molecule has 0 radical (unpaired) electrons. The summed E-state index contributed by atoms with van der Waals surface area (Å²) >= 11 is 6.78. The van der Waals surface area contributed by atoms with Crippen molar-refractivity contribution in [2.75, 3.05) is 0 Å². The minimum Gasteiger partial charge on any atom is -0.322 e. The van der Waals surface area contributed by atoms with Gasteiger partial charge in [-0.1, -0.05) is 28.1 Å². The number of hydrogen-bond donors (Lipinski definition) is 1. The van der Waals surface area contributed by atoms with Crippen molar-refractivity contribution in [3.05, 3.63) is 62.8 Å². The highest BCUT2D eigenvalue weighted by Gasteiger charge is 2.08. The van der Waals surface area contributed by atoms with Crippen LogP contribution in [0.3, 0.4) is 0 Å². The fourth-order valence-corrected chi connectivity index (χ4v) is 2.08. The van der Waals surface area contributed by atoms with Gasteiger partial charge in [0.2, 0.25) is 0 Å². The molecule has 0 fully saturated rings. The zero-order valence-corrected chi connectivity index (χ0v) is 12.3. The maximum absolute atomic E-state index is 6.13. The fraction of sp³-hybridized carbons (Fsp3) is 0.154. The first kappa shape index (κ1) is 12.7. The molecule has 0 saturated heterocycles. The lowest BCUT2D eigenvalue weighted by atomic mass is 10.0. The summed E-state index contributed by atoms with van der Waals surface area (Å²) in [4.78, 5) is 4.31. The molecule has 2 rings (SSSR count). The lowest BCUT2D eigenvalue weighted by Gasteiger charge is -2.11. The lowest BCUT2D eigenvalue weighted by molar-refractivity contribution is 0.696. The second-order valence-electron chi connectivity index (χ2n) is 3.84. The van der Waals surface area contributed by atoms with E-state index in [1.54, 1.807) is 6.20 Å². The van der Waals surface area contributed by atoms with E-state index in [1.165, 1.54) is 5.56 Å². The fourth-order valence-electron chi connectivity index (χ4n) is 1.59. The molecular weight excluding hydrogens is 344 g/mol. The molecule has 2 aromatic rings. The predicted molar refractivity (Wildman–Crippen MR) is 76.7 cm³/mol. The van der Waals surface area contributed by atoms with Crippen LogP contribution >= 0.6 is 31.9 Å². The van der Waals surface area contributed by atoms with Crippen molar-refractivity contribution in [2.24, 2.45) is 5.73 Å². The first-order chi connectivity index (χ1) is 8.15. The summed E-state index contributed by atoms with van der Waals surface area (Å²) in [5, 5.41) is 0. The molecule has 4 heteroatoms. The Bertz CT molecular complexity index is 480. The normalized spacial score (nSPS) is 12.4. The summed E-state index contributed by atoms with van der Waals surface area (Å²) in [6.45, 7) is 0. The molecule has 1 heterocycles. The molecule has 1 unspecified atom stereocenters. The summed E-state index contributed by atoms with van der Waals surface area (Å²) in [5.41, 5.74) is 8.25. The van der Waals surface area contributed by atoms with E-state index in [-0.39, 0.29) is 6.04 Å². The maximum atomic E-state index is 6.13. The molecule has 1 aromatic carbocycles. The first-order valence-electron chi connectivity index (χ1n) is 5.26. The van der Waals surface area contributed by atoms with E-state index in [0.717, 1.165) is 21.1 Å². The Morgan fingerprint density at radius 3 is 2.24 bits per heavy atom. The van der Waals surface area contributed by atoms with Crippen LogP contribution in [-0.4, -0.2) is 4.98 Å². The molecule has 0 amide bonds. The zero-order chi connectivity index (χ0) is 12.3. The highest BCUT2D eigenvalue weighted by atomic mass is 79.9. The Morgan fingerprint density at radius 1 is 1.00 bits per heavy atom. The molecule has 0 aliphatic rings. The van der Waals surface area contributed by atoms with Crippen LogP contribution in [0.25, 0.3) is 0 Å². The average Bonchev–Trinajstić information content (AvgIpc) is 2.33. The summed E-state index contributed by atoms with van der Waals surface area (Å²) in [5.74, 6) is 0. The monoisotopic (exact) mass is 354 g/mol. The summed E-state index contributed by atoms with van der Waals surface area (Å²) in [7, 11) is 0. The highest BCUT2D eigenvalue weighted by molar-refractivity contribution is 9.10. The van der Waals surface area contributed by atoms with E-state index in [1.807, 2.05) is 24.3 Å². The van der Waals surface area contributed by atoms with Crippen LogP contribution in [0.15, 0.2) is 51.5 Å². The van der Waals surface area contributed by atoms with Gasteiger partial charge in [-0.3, -0.25) is 4.98 Å². The molecular formula is C13H12Br2N2. The predicted octanol–water partition coefficient (Wildman–Crippen LogP) is 3.85. The lowest BCUT2D eigenvalue weighted by Crippen LogP contribution is -2.14. The van der Waals surface area contributed by atoms with Crippen molar-refractivity contribution < 1.29 is 0 Å². The minimum atomic E-state index is -0.0655. The maximum Gasteiger partial charge on any atom is 0.0575 e. The highest BCUT2D eigenvalue weighted by Crippen LogP contribution is 2.18. The molecule has 1 atom stereocenters. The van der Waals surface area contributed by atoms with Crippen LogP contribution in [0.2, 0.25) is 0 Å². The topological polar surface area (TPSA) is 38.9 Å². The Morgan fingerprint density at radius 2 is 1.65 bits per heavy atom. The number of aromatic nitrogens is 1. The van der Waals surface area contributed by atoms with E-state index in [0.29, 0.717) is 0 Å². The molecule has 88 valence electrons. The largest absolute Gasteiger partial charge is 0.322 e. The van der Waals surface area contributed by atoms with Crippen LogP contribution in [0.5, 0.6) is 0 Å². The van der Waals surface area contributed by atoms with E-state index in [9.17, 15) is 0 Å². The van der Waals surface area contributed by atoms with Crippen molar-refractivity contribution in [2.45, 2.75) is 12.5 Å². The number of hydrogen-bond acceptors (Lipinski definition) is 2. The van der Waals surface area contributed by atoms with Crippen LogP contribution < -0.4 is 5.73 Å². The van der Waals surface area contributed by atoms with Gasteiger partial charge in [0.25, 0.3) is 0 Å². The van der Waals surface area contributed by atoms with E-state index >= 15 is 0 Å². The number of nitrogens with zero attached hydrogens (tertiary/aromatic N) is 1. The van der Waals surface area contributed by atoms with Crippen molar-refractivity contribution in [1.29, 1.82) is 0 Å². The number of pyridine rings is 1. The molecule has 2 nitrogen and oxygen atoms in total. The number of benzene rings is 1. The minimum absolute atomic E-state index is 0.0655. The van der Waals surface area contributed by atoms with E-state index < -0.39 is 0 Å². The van der Waals surface area contributed by atoms with Gasteiger partial charge in [0.15, 0.2) is 0 Å². The van der Waals surface area contributed by atoms with Crippen molar-refractivity contribution in [1.82, 2.24) is 4.98 Å². The molecule has 2 N–H and O–H groups in total. The third kappa shape index (κ3) is 3.63. The van der Waals surface area contributed by atoms with Gasteiger partial charge in [-0.2, -0.15) is 0 Å². The Kier molecular flexibility index (Phi) is 4.31. The quantitative estimate of drug-likeness (QED) is 0.908. The summed E-state index contributed by atoms with van der Waals surface area (Å²) in [6.07, 6.45) is 2.57. The van der Waals surface area contributed by atoms with E-state index in [4.69, 9.17) is 5.73 Å². The second-order valence-corrected chi connectivity index (χ2v) is 5.67. The molecule has 0 saturated carbocycles. The van der Waals surface area contributed by atoms with Crippen molar-refractivity contribution >= 4 is 31.9 Å². The number of nitrogens with two attached hydrogens (primary N) is 1. The Hall–Kier alpha value is -0.710. The number of halogens is 2. The smallest absolute Gasteiger partial charge is 0.0575 e. The SMILES string of the molecule is NC(Cc1ccc(Br)cc1)c1ccc(Br)cn1. The van der Waals surface area contributed by atoms with Crippen LogP contribution in [-0.2, 0) is 6.42 Å². The van der Waals surface area contributed by atoms with Gasteiger partial charge in [0, 0.05) is 15.1 Å². The number of rotatable bonds is 3. The van der Waals surface area contributed by atoms with Gasteiger partial charge < -0.3 is 5.73 Å². The van der Waals surface area contributed by atoms with Gasteiger partial charge >= 0.3 is 0 Å². The summed E-state index contributed by atoms with van der Waals surface area (Å²) < 4.78 is 2.05. The van der Waals surface area contributed by atoms with Gasteiger partial charge in [-0.25, -0.2) is 0 Å². The standard InChI is InChI=1S/C13H12Br2N2/c14-10-3-1-9(2-4-10)7-12(16)13-6-5-11(15)8-17-13/h1-6,8,12H,7,16H2. The van der Waals surface area contributed by atoms with Crippen LogP contribution in [0.4, 0.5) is 0 Å². The first-order valence-corrected chi connectivity index (χ1v) is 6.85. The van der Waals surface area contributed by atoms with E-state index in [2.05, 4.69) is 49.0 Å². The Labute approximate surface area is 118 Å². The van der Waals surface area contributed by atoms with Gasteiger partial charge in [0.1, 0.15) is 0 Å². The second kappa shape index (κ2) is 5.76. The molecule has 0 aliphatic heterocycles. The molecule has 0 bridgehead atoms. The third-order valence-corrected chi connectivity index (χ3v) is 3.50. The summed E-state index contributed by atoms with van der Waals surface area (Å²) in [6, 6.07) is 12.0. The van der Waals surface area contributed by atoms with Crippen LogP contribution in [0, 0.1) is 0 Å². The van der Waals surface area contributed by atoms with Crippen LogP contribution in [0.1, 0.15) is 17.3 Å². The average molecular weight is 356 g/mol. The van der Waals surface area contributed by atoms with Crippen molar-refractivity contribution in [3.63, 3.8) is 0 Å². The molecule has 1 aromatic heterocycles. The molecule has 17 heavy (non-hydrogen) atoms.